The zero-order chi connectivity index (χ0) is 12.5. The Balaban J connectivity index is 2.11. The molecule has 2 heterocycles. The monoisotopic (exact) mass is 254 g/mol. The fourth-order valence-electron chi connectivity index (χ4n) is 1.86. The minimum atomic E-state index is -0.145. The normalized spacial score (nSPS) is 20.5. The highest BCUT2D eigenvalue weighted by Crippen LogP contribution is 2.25. The van der Waals surface area contributed by atoms with Gasteiger partial charge >= 0.3 is 0 Å². The number of nitrogens with zero attached hydrogens (tertiary/aromatic N) is 2. The maximum absolute atomic E-state index is 12.1. The summed E-state index contributed by atoms with van der Waals surface area (Å²) in [5.74, 6) is -0.0429. The summed E-state index contributed by atoms with van der Waals surface area (Å²) in [5, 5.41) is 10.3. The molecule has 6 heteroatoms. The molecule has 0 spiro atoms. The van der Waals surface area contributed by atoms with Crippen molar-refractivity contribution in [2.45, 2.75) is 38.6 Å². The Hall–Kier alpha value is -1.01. The van der Waals surface area contributed by atoms with Gasteiger partial charge < -0.3 is 10.6 Å². The quantitative estimate of drug-likeness (QED) is 0.824. The largest absolute Gasteiger partial charge is 0.347 e. The standard InChI is InChI=1S/C11H18N4OS/c1-11(2,3)9-8(17-15-14-9)10(16)13-7-4-5-12-6-7/h7,12H,4-6H2,1-3H3,(H,13,16). The Morgan fingerprint density at radius 2 is 2.29 bits per heavy atom. The van der Waals surface area contributed by atoms with E-state index in [1.807, 2.05) is 20.8 Å². The molecular formula is C11H18N4OS. The van der Waals surface area contributed by atoms with Gasteiger partial charge in [-0.25, -0.2) is 0 Å². The molecule has 1 aromatic rings. The number of nitrogens with one attached hydrogen (secondary N) is 2. The van der Waals surface area contributed by atoms with Crippen LogP contribution in [0.2, 0.25) is 0 Å². The Labute approximate surface area is 105 Å². The molecule has 1 unspecified atom stereocenters. The van der Waals surface area contributed by atoms with Crippen molar-refractivity contribution in [2.75, 3.05) is 13.1 Å². The number of amides is 1. The molecule has 1 aromatic heterocycles. The zero-order valence-corrected chi connectivity index (χ0v) is 11.2. The first kappa shape index (κ1) is 12.4. The molecule has 17 heavy (non-hydrogen) atoms. The van der Waals surface area contributed by atoms with Gasteiger partial charge in [-0.05, 0) is 24.5 Å². The van der Waals surface area contributed by atoms with Gasteiger partial charge in [0, 0.05) is 18.0 Å². The van der Waals surface area contributed by atoms with E-state index in [1.54, 1.807) is 0 Å². The van der Waals surface area contributed by atoms with Crippen molar-refractivity contribution in [3.8, 4) is 0 Å². The molecular weight excluding hydrogens is 236 g/mol. The Bertz CT molecular complexity index is 404. The highest BCUT2D eigenvalue weighted by atomic mass is 32.1. The molecule has 2 N–H and O–H groups in total. The van der Waals surface area contributed by atoms with Gasteiger partial charge in [0.25, 0.3) is 5.91 Å². The molecule has 5 nitrogen and oxygen atoms in total. The predicted octanol–water partition coefficient (Wildman–Crippen LogP) is 0.927. The predicted molar refractivity (Wildman–Crippen MR) is 67.3 cm³/mol. The lowest BCUT2D eigenvalue weighted by Crippen LogP contribution is -2.36. The van der Waals surface area contributed by atoms with Crippen LogP contribution in [0.1, 0.15) is 42.6 Å². The van der Waals surface area contributed by atoms with Crippen LogP contribution in [-0.2, 0) is 5.41 Å². The Morgan fingerprint density at radius 3 is 2.88 bits per heavy atom. The lowest BCUT2D eigenvalue weighted by Gasteiger charge is -2.17. The van der Waals surface area contributed by atoms with E-state index in [4.69, 9.17) is 0 Å². The van der Waals surface area contributed by atoms with Gasteiger partial charge in [-0.1, -0.05) is 25.3 Å². The molecule has 0 bridgehead atoms. The summed E-state index contributed by atoms with van der Waals surface area (Å²) in [6.07, 6.45) is 0.989. The van der Waals surface area contributed by atoms with Crippen LogP contribution >= 0.6 is 11.5 Å². The third kappa shape index (κ3) is 2.81. The third-order valence-electron chi connectivity index (χ3n) is 2.80. The van der Waals surface area contributed by atoms with Crippen LogP contribution in [0.4, 0.5) is 0 Å². The van der Waals surface area contributed by atoms with Gasteiger partial charge in [0.15, 0.2) is 0 Å². The second kappa shape index (κ2) is 4.70. The van der Waals surface area contributed by atoms with E-state index in [2.05, 4.69) is 20.2 Å². The van der Waals surface area contributed by atoms with E-state index in [9.17, 15) is 4.79 Å². The maximum atomic E-state index is 12.1. The smallest absolute Gasteiger partial charge is 0.265 e. The molecule has 94 valence electrons. The van der Waals surface area contributed by atoms with Gasteiger partial charge in [0.1, 0.15) is 4.88 Å². The molecule has 0 saturated carbocycles. The van der Waals surface area contributed by atoms with E-state index in [0.29, 0.717) is 4.88 Å². The van der Waals surface area contributed by atoms with Crippen molar-refractivity contribution in [1.29, 1.82) is 0 Å². The lowest BCUT2D eigenvalue weighted by molar-refractivity contribution is 0.0942. The first-order chi connectivity index (χ1) is 7.98. The van der Waals surface area contributed by atoms with Gasteiger partial charge in [-0.3, -0.25) is 4.79 Å². The summed E-state index contributed by atoms with van der Waals surface area (Å²) in [6, 6.07) is 0.234. The number of carbonyl (C=O) groups excluding carboxylic acids is 1. The van der Waals surface area contributed by atoms with Crippen LogP contribution in [0.15, 0.2) is 0 Å². The minimum Gasteiger partial charge on any atom is -0.347 e. The van der Waals surface area contributed by atoms with Crippen LogP contribution in [-0.4, -0.2) is 34.6 Å². The molecule has 1 fully saturated rings. The summed E-state index contributed by atoms with van der Waals surface area (Å²) in [7, 11) is 0. The topological polar surface area (TPSA) is 66.9 Å². The third-order valence-corrected chi connectivity index (χ3v) is 3.52. The summed E-state index contributed by atoms with van der Waals surface area (Å²) < 4.78 is 3.90. The van der Waals surface area contributed by atoms with E-state index in [-0.39, 0.29) is 17.4 Å². The lowest BCUT2D eigenvalue weighted by atomic mass is 9.91. The number of rotatable bonds is 2. The van der Waals surface area contributed by atoms with Gasteiger partial charge in [0.05, 0.1) is 5.69 Å². The minimum absolute atomic E-state index is 0.0429. The molecule has 0 aromatic carbocycles. The second-order valence-electron chi connectivity index (χ2n) is 5.36. The zero-order valence-electron chi connectivity index (χ0n) is 10.4. The molecule has 1 atom stereocenters. The number of hydrogen-bond acceptors (Lipinski definition) is 5. The summed E-state index contributed by atoms with van der Waals surface area (Å²) in [4.78, 5) is 12.8. The van der Waals surface area contributed by atoms with Crippen LogP contribution in [0.5, 0.6) is 0 Å². The fourth-order valence-corrected chi connectivity index (χ4v) is 2.64. The highest BCUT2D eigenvalue weighted by Gasteiger charge is 2.27. The van der Waals surface area contributed by atoms with Crippen LogP contribution in [0.3, 0.4) is 0 Å². The summed E-state index contributed by atoms with van der Waals surface area (Å²) in [6.45, 7) is 7.94. The summed E-state index contributed by atoms with van der Waals surface area (Å²) >= 11 is 1.17. The van der Waals surface area contributed by atoms with E-state index >= 15 is 0 Å². The van der Waals surface area contributed by atoms with Crippen molar-refractivity contribution in [3.05, 3.63) is 10.6 Å². The van der Waals surface area contributed by atoms with E-state index in [1.165, 1.54) is 11.5 Å². The molecule has 1 saturated heterocycles. The maximum Gasteiger partial charge on any atom is 0.265 e. The fraction of sp³-hybridized carbons (Fsp3) is 0.727. The number of hydrogen-bond donors (Lipinski definition) is 2. The molecule has 1 aliphatic heterocycles. The SMILES string of the molecule is CC(C)(C)c1nnsc1C(=O)NC1CCNC1. The van der Waals surface area contributed by atoms with Crippen molar-refractivity contribution in [3.63, 3.8) is 0 Å². The van der Waals surface area contributed by atoms with Crippen LogP contribution in [0.25, 0.3) is 0 Å². The molecule has 1 aliphatic rings. The average Bonchev–Trinajstić information content (AvgIpc) is 2.85. The number of aromatic nitrogens is 2. The van der Waals surface area contributed by atoms with E-state index in [0.717, 1.165) is 25.2 Å². The Kier molecular flexibility index (Phi) is 3.44. The molecule has 0 radical (unpaired) electrons. The Morgan fingerprint density at radius 1 is 1.53 bits per heavy atom. The van der Waals surface area contributed by atoms with Crippen LogP contribution in [0, 0.1) is 0 Å². The highest BCUT2D eigenvalue weighted by molar-refractivity contribution is 7.08. The van der Waals surface area contributed by atoms with Crippen molar-refractivity contribution in [2.24, 2.45) is 0 Å². The second-order valence-corrected chi connectivity index (χ2v) is 6.12. The molecule has 0 aliphatic carbocycles. The molecule has 1 amide bonds. The summed E-state index contributed by atoms with van der Waals surface area (Å²) in [5.41, 5.74) is 0.638. The molecule has 2 rings (SSSR count). The number of carbonyl (C=O) groups is 1. The first-order valence-electron chi connectivity index (χ1n) is 5.83. The van der Waals surface area contributed by atoms with Crippen molar-refractivity contribution in [1.82, 2.24) is 20.2 Å². The van der Waals surface area contributed by atoms with Crippen molar-refractivity contribution < 1.29 is 4.79 Å². The van der Waals surface area contributed by atoms with Gasteiger partial charge in [0.2, 0.25) is 0 Å². The van der Waals surface area contributed by atoms with Gasteiger partial charge in [-0.2, -0.15) is 0 Å². The average molecular weight is 254 g/mol. The first-order valence-corrected chi connectivity index (χ1v) is 6.60. The van der Waals surface area contributed by atoms with Crippen LogP contribution < -0.4 is 10.6 Å². The van der Waals surface area contributed by atoms with Crippen molar-refractivity contribution >= 4 is 17.4 Å². The van der Waals surface area contributed by atoms with Gasteiger partial charge in [-0.15, -0.1) is 5.10 Å². The van der Waals surface area contributed by atoms with E-state index < -0.39 is 0 Å².